The van der Waals surface area contributed by atoms with Crippen LogP contribution in [0.25, 0.3) is 0 Å². The lowest BCUT2D eigenvalue weighted by Crippen LogP contribution is -2.25. The lowest BCUT2D eigenvalue weighted by molar-refractivity contribution is 0.520. The molecule has 0 aliphatic heterocycles. The van der Waals surface area contributed by atoms with E-state index in [9.17, 15) is 5.26 Å². The van der Waals surface area contributed by atoms with Gasteiger partial charge < -0.3 is 5.32 Å². The van der Waals surface area contributed by atoms with Gasteiger partial charge in [-0.25, -0.2) is 0 Å². The molecule has 2 nitrogen and oxygen atoms in total. The number of hydrogen-bond donors (Lipinski definition) is 1. The molecule has 0 amide bonds. The van der Waals surface area contributed by atoms with Gasteiger partial charge in [-0.3, -0.25) is 0 Å². The van der Waals surface area contributed by atoms with E-state index in [2.05, 4.69) is 27.3 Å². The van der Waals surface area contributed by atoms with Crippen LogP contribution in [0.4, 0.5) is 5.69 Å². The minimum atomic E-state index is -0.0383. The predicted octanol–water partition coefficient (Wildman–Crippen LogP) is 3.94. The molecule has 16 heavy (non-hydrogen) atoms. The second-order valence-electron chi connectivity index (χ2n) is 4.30. The first-order chi connectivity index (χ1) is 7.79. The molecule has 2 rings (SSSR count). The van der Waals surface area contributed by atoms with Gasteiger partial charge in [0.05, 0.1) is 6.07 Å². The minimum absolute atomic E-state index is 0.0383. The maximum atomic E-state index is 9.18. The average Bonchev–Trinajstić information content (AvgIpc) is 2.82. The summed E-state index contributed by atoms with van der Waals surface area (Å²) in [5.74, 6) is 0.522. The topological polar surface area (TPSA) is 35.8 Å². The Kier molecular flexibility index (Phi) is 3.84. The van der Waals surface area contributed by atoms with Crippen molar-refractivity contribution in [2.24, 2.45) is 5.92 Å². The Morgan fingerprint density at radius 1 is 1.25 bits per heavy atom. The predicted molar refractivity (Wildman–Crippen MR) is 69.1 cm³/mol. The Labute approximate surface area is 105 Å². The fourth-order valence-corrected chi connectivity index (χ4v) is 2.54. The van der Waals surface area contributed by atoms with Crippen LogP contribution in [0.5, 0.6) is 0 Å². The molecule has 1 unspecified atom stereocenters. The highest BCUT2D eigenvalue weighted by Gasteiger charge is 2.24. The van der Waals surface area contributed by atoms with Crippen molar-refractivity contribution in [2.75, 3.05) is 5.32 Å². The Balaban J connectivity index is 2.01. The first-order valence-corrected chi connectivity index (χ1v) is 6.50. The summed E-state index contributed by atoms with van der Waals surface area (Å²) in [5.41, 5.74) is 1.03. The van der Waals surface area contributed by atoms with E-state index < -0.39 is 0 Å². The molecule has 0 aromatic heterocycles. The fourth-order valence-electron chi connectivity index (χ4n) is 2.27. The molecule has 1 atom stereocenters. The zero-order valence-corrected chi connectivity index (χ0v) is 10.7. The molecule has 84 valence electrons. The summed E-state index contributed by atoms with van der Waals surface area (Å²) < 4.78 is 1.06. The molecule has 1 aromatic carbocycles. The van der Waals surface area contributed by atoms with Gasteiger partial charge in [0.25, 0.3) is 0 Å². The molecule has 0 heterocycles. The van der Waals surface area contributed by atoms with E-state index in [1.165, 1.54) is 25.7 Å². The van der Waals surface area contributed by atoms with Crippen molar-refractivity contribution in [3.05, 3.63) is 28.7 Å². The first-order valence-electron chi connectivity index (χ1n) is 5.71. The van der Waals surface area contributed by atoms with Crippen LogP contribution in [0.2, 0.25) is 0 Å². The van der Waals surface area contributed by atoms with E-state index >= 15 is 0 Å². The number of rotatable bonds is 3. The van der Waals surface area contributed by atoms with E-state index in [0.717, 1.165) is 10.2 Å². The average molecular weight is 279 g/mol. The Morgan fingerprint density at radius 3 is 2.44 bits per heavy atom. The molecule has 1 aliphatic rings. The van der Waals surface area contributed by atoms with Gasteiger partial charge in [0, 0.05) is 10.2 Å². The zero-order valence-electron chi connectivity index (χ0n) is 9.12. The number of nitriles is 1. The van der Waals surface area contributed by atoms with E-state index in [-0.39, 0.29) is 6.04 Å². The summed E-state index contributed by atoms with van der Waals surface area (Å²) in [6, 6.07) is 10.3. The Hall–Kier alpha value is -1.01. The molecule has 1 aromatic rings. The van der Waals surface area contributed by atoms with Gasteiger partial charge in [0.2, 0.25) is 0 Å². The SMILES string of the molecule is N#CC(Nc1ccc(Br)cc1)C1CCCC1. The Bertz CT molecular complexity index is 374. The van der Waals surface area contributed by atoms with E-state index in [1.807, 2.05) is 24.3 Å². The molecular weight excluding hydrogens is 264 g/mol. The lowest BCUT2D eigenvalue weighted by Gasteiger charge is -2.18. The van der Waals surface area contributed by atoms with Gasteiger partial charge in [-0.2, -0.15) is 5.26 Å². The smallest absolute Gasteiger partial charge is 0.117 e. The van der Waals surface area contributed by atoms with Crippen molar-refractivity contribution in [2.45, 2.75) is 31.7 Å². The number of nitrogens with zero attached hydrogens (tertiary/aromatic N) is 1. The molecule has 1 fully saturated rings. The number of benzene rings is 1. The van der Waals surface area contributed by atoms with Gasteiger partial charge in [-0.05, 0) is 43.0 Å². The van der Waals surface area contributed by atoms with Gasteiger partial charge in [0.1, 0.15) is 6.04 Å². The number of anilines is 1. The van der Waals surface area contributed by atoms with Crippen molar-refractivity contribution in [1.82, 2.24) is 0 Å². The van der Waals surface area contributed by atoms with Crippen LogP contribution in [0.3, 0.4) is 0 Å². The third kappa shape index (κ3) is 2.76. The number of nitrogens with one attached hydrogen (secondary N) is 1. The van der Waals surface area contributed by atoms with Crippen LogP contribution in [0.1, 0.15) is 25.7 Å². The third-order valence-corrected chi connectivity index (χ3v) is 3.71. The van der Waals surface area contributed by atoms with Gasteiger partial charge >= 0.3 is 0 Å². The van der Waals surface area contributed by atoms with Gasteiger partial charge in [0.15, 0.2) is 0 Å². The van der Waals surface area contributed by atoms with Crippen molar-refractivity contribution in [3.63, 3.8) is 0 Å². The molecule has 1 saturated carbocycles. The molecule has 3 heteroatoms. The Morgan fingerprint density at radius 2 is 1.88 bits per heavy atom. The van der Waals surface area contributed by atoms with Crippen LogP contribution in [0.15, 0.2) is 28.7 Å². The highest BCUT2D eigenvalue weighted by molar-refractivity contribution is 9.10. The summed E-state index contributed by atoms with van der Waals surface area (Å²) >= 11 is 3.40. The molecule has 0 saturated heterocycles. The normalized spacial score (nSPS) is 18.0. The van der Waals surface area contributed by atoms with Crippen molar-refractivity contribution in [3.8, 4) is 6.07 Å². The quantitative estimate of drug-likeness (QED) is 0.909. The molecular formula is C13H15BrN2. The highest BCUT2D eigenvalue weighted by atomic mass is 79.9. The monoisotopic (exact) mass is 278 g/mol. The summed E-state index contributed by atoms with van der Waals surface area (Å²) in [6.07, 6.45) is 4.90. The maximum Gasteiger partial charge on any atom is 0.117 e. The van der Waals surface area contributed by atoms with Crippen LogP contribution in [-0.4, -0.2) is 6.04 Å². The summed E-state index contributed by atoms with van der Waals surface area (Å²) in [7, 11) is 0. The first kappa shape index (κ1) is 11.5. The fraction of sp³-hybridized carbons (Fsp3) is 0.462. The largest absolute Gasteiger partial charge is 0.370 e. The standard InChI is InChI=1S/C13H15BrN2/c14-11-5-7-12(8-6-11)16-13(9-15)10-3-1-2-4-10/h5-8,10,13,16H,1-4H2. The van der Waals surface area contributed by atoms with E-state index in [1.54, 1.807) is 0 Å². The minimum Gasteiger partial charge on any atom is -0.370 e. The van der Waals surface area contributed by atoms with Crippen LogP contribution in [0, 0.1) is 17.2 Å². The molecule has 0 radical (unpaired) electrons. The van der Waals surface area contributed by atoms with Crippen LogP contribution >= 0.6 is 15.9 Å². The van der Waals surface area contributed by atoms with Crippen molar-refractivity contribution >= 4 is 21.6 Å². The van der Waals surface area contributed by atoms with Crippen molar-refractivity contribution < 1.29 is 0 Å². The molecule has 0 spiro atoms. The third-order valence-electron chi connectivity index (χ3n) is 3.18. The van der Waals surface area contributed by atoms with Gasteiger partial charge in [-0.1, -0.05) is 28.8 Å². The second-order valence-corrected chi connectivity index (χ2v) is 5.22. The highest BCUT2D eigenvalue weighted by Crippen LogP contribution is 2.29. The number of halogens is 1. The summed E-state index contributed by atoms with van der Waals surface area (Å²) in [6.45, 7) is 0. The maximum absolute atomic E-state index is 9.18. The van der Waals surface area contributed by atoms with Crippen LogP contribution < -0.4 is 5.32 Å². The lowest BCUT2D eigenvalue weighted by atomic mass is 9.99. The second kappa shape index (κ2) is 5.36. The van der Waals surface area contributed by atoms with Crippen LogP contribution in [-0.2, 0) is 0 Å². The number of hydrogen-bond acceptors (Lipinski definition) is 2. The van der Waals surface area contributed by atoms with Crippen molar-refractivity contribution in [1.29, 1.82) is 5.26 Å². The molecule has 0 bridgehead atoms. The van der Waals surface area contributed by atoms with E-state index in [4.69, 9.17) is 0 Å². The van der Waals surface area contributed by atoms with E-state index in [0.29, 0.717) is 5.92 Å². The summed E-state index contributed by atoms with van der Waals surface area (Å²) in [4.78, 5) is 0. The summed E-state index contributed by atoms with van der Waals surface area (Å²) in [5, 5.41) is 12.5. The zero-order chi connectivity index (χ0) is 11.4. The van der Waals surface area contributed by atoms with Gasteiger partial charge in [-0.15, -0.1) is 0 Å². The molecule has 1 aliphatic carbocycles. The molecule has 1 N–H and O–H groups in total.